The zero-order valence-corrected chi connectivity index (χ0v) is 63.1. The minimum atomic E-state index is -1.23. The quantitative estimate of drug-likeness (QED) is 0.0310. The predicted molar refractivity (Wildman–Crippen MR) is 383 cm³/mol. The Hall–Kier alpha value is -9.33. The van der Waals surface area contributed by atoms with Gasteiger partial charge in [-0.2, -0.15) is 0 Å². The molecule has 0 unspecified atom stereocenters. The molecule has 0 spiro atoms. The number of aliphatic carboxylic acids is 12. The topological polar surface area (TPSA) is 655 Å². The average molecular weight is 1650 g/mol. The maximum absolute atomic E-state index is 14.8. The third-order valence-corrected chi connectivity index (χ3v) is 15.7. The van der Waals surface area contributed by atoms with Gasteiger partial charge in [0, 0.05) is 56.0 Å². The third-order valence-electron chi connectivity index (χ3n) is 15.7. The first-order valence-corrected chi connectivity index (χ1v) is 36.1. The van der Waals surface area contributed by atoms with Gasteiger partial charge in [-0.25, -0.2) is 0 Å². The smallest absolute Gasteiger partial charge is 0.305 e. The first-order chi connectivity index (χ1) is 54.3. The van der Waals surface area contributed by atoms with Crippen LogP contribution in [-0.4, -0.2) is 399 Å². The second-order valence-electron chi connectivity index (χ2n) is 24.8. The van der Waals surface area contributed by atoms with Crippen LogP contribution in [0, 0.1) is 0 Å². The fourth-order valence-electron chi connectivity index (χ4n) is 10.2. The van der Waals surface area contributed by atoms with Crippen molar-refractivity contribution in [1.29, 1.82) is 0 Å². The Bertz CT molecular complexity index is 2490. The number of amides is 3. The molecule has 1 aromatic rings. The molecule has 0 radical (unpaired) electrons. The van der Waals surface area contributed by atoms with E-state index in [1.807, 2.05) is 0 Å². The molecule has 114 heavy (non-hydrogen) atoms. The fourth-order valence-corrected chi connectivity index (χ4v) is 10.2. The molecule has 3 amide bonds. The maximum atomic E-state index is 14.8. The summed E-state index contributed by atoms with van der Waals surface area (Å²) < 4.78 is 68.8. The van der Waals surface area contributed by atoms with Gasteiger partial charge in [0.1, 0.15) is 0 Å². The van der Waals surface area contributed by atoms with Gasteiger partial charge in [-0.15, -0.1) is 0 Å². The summed E-state index contributed by atoms with van der Waals surface area (Å²) in [6.45, 7) is -10.3. The fraction of sp³-hybridized carbons (Fsp3) is 0.696. The molecule has 0 aliphatic carbocycles. The lowest BCUT2D eigenvalue weighted by Gasteiger charge is -2.38. The van der Waals surface area contributed by atoms with Crippen LogP contribution >= 0.6 is 0 Å². The highest BCUT2D eigenvalue weighted by atomic mass is 16.5. The Balaban J connectivity index is 4.42. The van der Waals surface area contributed by atoms with Gasteiger partial charge in [0.05, 0.1) is 272 Å². The van der Waals surface area contributed by atoms with E-state index < -0.39 is 222 Å². The number of carboxylic acids is 12. The molecule has 0 heterocycles. The van der Waals surface area contributed by atoms with Crippen molar-refractivity contribution in [3.63, 3.8) is 0 Å². The van der Waals surface area contributed by atoms with Crippen LogP contribution in [-0.2, 0) is 114 Å². The molecule has 1 rings (SSSR count). The molecule has 15 N–H and O–H groups in total. The molecular formula is C69H108N6O39. The van der Waals surface area contributed by atoms with E-state index in [1.54, 1.807) is 14.7 Å². The van der Waals surface area contributed by atoms with Gasteiger partial charge in [0.2, 0.25) is 0 Å². The van der Waals surface area contributed by atoms with Gasteiger partial charge in [-0.3, -0.25) is 86.6 Å². The van der Waals surface area contributed by atoms with E-state index in [-0.39, 0.29) is 195 Å². The second kappa shape index (κ2) is 63.0. The molecule has 1 aromatic carbocycles. The summed E-state index contributed by atoms with van der Waals surface area (Å²) in [5.74, 6) is -17.7. The Kier molecular flexibility index (Phi) is 56.8. The SMILES string of the molecule is O=C(O)CCOCC(COCCC(=O)O)N(CCNC(=O)c1cc(C(=O)NCCN(C(COCCC(=O)O)COCCC(=O)O)C(COCCC(=O)O)COCCC(=O)O)cc(C(=O)NCCN(C(COCCC(=O)O)COCCC(=O)O)C(COCCC(=O)O)COCCC(=O)O)c1)C(COCCC(=O)O)COCCC(=O)O. The van der Waals surface area contributed by atoms with Crippen molar-refractivity contribution in [2.75, 3.05) is 198 Å². The van der Waals surface area contributed by atoms with Crippen molar-refractivity contribution >= 4 is 89.4 Å². The summed E-state index contributed by atoms with van der Waals surface area (Å²) in [6, 6.07) is -2.71. The van der Waals surface area contributed by atoms with Crippen LogP contribution in [0.2, 0.25) is 0 Å². The lowest BCUT2D eigenvalue weighted by Crippen LogP contribution is -2.54. The molecule has 0 aromatic heterocycles. The Labute approximate surface area is 654 Å². The lowest BCUT2D eigenvalue weighted by molar-refractivity contribution is -0.140. The van der Waals surface area contributed by atoms with Crippen LogP contribution < -0.4 is 16.0 Å². The molecular weight excluding hydrogens is 1540 g/mol. The summed E-state index contributed by atoms with van der Waals surface area (Å²) in [7, 11) is 0. The zero-order valence-electron chi connectivity index (χ0n) is 63.1. The molecule has 648 valence electrons. The van der Waals surface area contributed by atoms with Crippen LogP contribution in [0.5, 0.6) is 0 Å². The summed E-state index contributed by atoms with van der Waals surface area (Å²) in [5, 5.41) is 121. The number of nitrogens with one attached hydrogen (secondary N) is 3. The highest BCUT2D eigenvalue weighted by Gasteiger charge is 2.33. The van der Waals surface area contributed by atoms with Gasteiger partial charge in [0.25, 0.3) is 17.7 Å². The number of carboxylic acid groups (broad SMARTS) is 12. The summed E-state index contributed by atoms with van der Waals surface area (Å²) in [4.78, 5) is 187. The van der Waals surface area contributed by atoms with Gasteiger partial charge >= 0.3 is 71.6 Å². The Morgan fingerprint density at radius 2 is 0.333 bits per heavy atom. The van der Waals surface area contributed by atoms with Gasteiger partial charge in [0.15, 0.2) is 0 Å². The van der Waals surface area contributed by atoms with Gasteiger partial charge in [-0.05, 0) is 18.2 Å². The molecule has 0 atom stereocenters. The van der Waals surface area contributed by atoms with E-state index in [0.717, 1.165) is 18.2 Å². The molecule has 0 bridgehead atoms. The van der Waals surface area contributed by atoms with Crippen molar-refractivity contribution in [2.24, 2.45) is 0 Å². The standard InChI is InChI=1S/C69H108N6O39/c76-55(77)1-19-103-34-49(35-104-20-2-56(78)79)73(50(36-105-21-3-57(80)81)37-106-22-4-58(82)83)16-13-70-67(100)46-31-47(68(101)71-14-17-74(51(38-107-23-5-59(84)85)39-108-24-6-60(86)87)52(40-109-25-7-61(88)89)41-110-26-8-62(90)91)33-48(32-46)69(102)72-15-18-75(53(42-111-27-9-63(92)93)43-112-28-10-64(94)95)54(44-113-29-11-65(96)97)45-114-30-12-66(98)99/h31-33,49-54H,1-30,34-45H2,(H,70,100)(H,71,101)(H,72,102)(H,76,77)(H,78,79)(H,80,81)(H,82,83)(H,84,85)(H,86,87)(H,88,89)(H,90,91)(H,92,93)(H,94,95)(H,96,97)(H,98,99). The van der Waals surface area contributed by atoms with Crippen molar-refractivity contribution in [3.05, 3.63) is 34.9 Å². The highest BCUT2D eigenvalue weighted by Crippen LogP contribution is 2.18. The number of carbonyl (C=O) groups excluding carboxylic acids is 3. The Morgan fingerprint density at radius 3 is 0.439 bits per heavy atom. The molecule has 45 nitrogen and oxygen atoms in total. The normalized spacial score (nSPS) is 11.6. The van der Waals surface area contributed by atoms with E-state index in [0.29, 0.717) is 0 Å². The maximum Gasteiger partial charge on any atom is 0.305 e. The second-order valence-corrected chi connectivity index (χ2v) is 24.8. The van der Waals surface area contributed by atoms with E-state index >= 15 is 0 Å². The zero-order chi connectivity index (χ0) is 85.0. The summed E-state index contributed by atoms with van der Waals surface area (Å²) in [6.07, 6.45) is -5.68. The molecule has 0 fully saturated rings. The minimum absolute atomic E-state index is 0.268. The van der Waals surface area contributed by atoms with E-state index in [4.69, 9.17) is 56.8 Å². The monoisotopic (exact) mass is 1640 g/mol. The number of benzene rings is 1. The molecule has 0 aliphatic rings. The summed E-state index contributed by atoms with van der Waals surface area (Å²) in [5.41, 5.74) is -1.16. The highest BCUT2D eigenvalue weighted by molar-refractivity contribution is 6.04. The van der Waals surface area contributed by atoms with Gasteiger partial charge < -0.3 is 134 Å². The van der Waals surface area contributed by atoms with Crippen molar-refractivity contribution in [2.45, 2.75) is 113 Å². The number of hydrogen-bond acceptors (Lipinski definition) is 30. The van der Waals surface area contributed by atoms with Crippen LogP contribution in [0.4, 0.5) is 0 Å². The number of nitrogens with zero attached hydrogens (tertiary/aromatic N) is 3. The Morgan fingerprint density at radius 1 is 0.219 bits per heavy atom. The first-order valence-electron chi connectivity index (χ1n) is 36.1. The average Bonchev–Trinajstić information content (AvgIpc) is 0.804. The molecule has 45 heteroatoms. The van der Waals surface area contributed by atoms with E-state index in [1.165, 1.54) is 0 Å². The largest absolute Gasteiger partial charge is 0.481 e. The van der Waals surface area contributed by atoms with Crippen LogP contribution in [0.15, 0.2) is 18.2 Å². The van der Waals surface area contributed by atoms with Crippen LogP contribution in [0.1, 0.15) is 108 Å². The van der Waals surface area contributed by atoms with Crippen LogP contribution in [0.25, 0.3) is 0 Å². The number of ether oxygens (including phenoxy) is 12. The lowest BCUT2D eigenvalue weighted by atomic mass is 10.0. The van der Waals surface area contributed by atoms with E-state index in [2.05, 4.69) is 16.0 Å². The van der Waals surface area contributed by atoms with Crippen molar-refractivity contribution < 1.29 is 190 Å². The number of carbonyl (C=O) groups is 15. The molecule has 0 aliphatic heterocycles. The number of hydrogen-bond donors (Lipinski definition) is 15. The third kappa shape index (κ3) is 53.6. The molecule has 0 saturated carbocycles. The summed E-state index contributed by atoms with van der Waals surface area (Å²) >= 11 is 0. The predicted octanol–water partition coefficient (Wildman–Crippen LogP) is -2.11. The molecule has 0 saturated heterocycles. The van der Waals surface area contributed by atoms with Crippen molar-refractivity contribution in [3.8, 4) is 0 Å². The van der Waals surface area contributed by atoms with Crippen LogP contribution in [0.3, 0.4) is 0 Å². The van der Waals surface area contributed by atoms with Gasteiger partial charge in [-0.1, -0.05) is 0 Å². The van der Waals surface area contributed by atoms with E-state index in [9.17, 15) is 133 Å². The number of rotatable bonds is 78. The minimum Gasteiger partial charge on any atom is -0.481 e. The first kappa shape index (κ1) is 103. The van der Waals surface area contributed by atoms with Crippen molar-refractivity contribution in [1.82, 2.24) is 30.7 Å².